The zero-order chi connectivity index (χ0) is 12.2. The molecule has 1 rings (SSSR count). The van der Waals surface area contributed by atoms with Crippen LogP contribution in [0.5, 0.6) is 0 Å². The summed E-state index contributed by atoms with van der Waals surface area (Å²) in [7, 11) is 0. The van der Waals surface area contributed by atoms with Gasteiger partial charge in [0, 0.05) is 25.0 Å². The minimum Gasteiger partial charge on any atom is -0.378 e. The highest BCUT2D eigenvalue weighted by atomic mass is 32.1. The molecule has 0 unspecified atom stereocenters. The molecule has 1 fully saturated rings. The zero-order valence-electron chi connectivity index (χ0n) is 10.2. The van der Waals surface area contributed by atoms with Gasteiger partial charge in [0.15, 0.2) is 5.11 Å². The van der Waals surface area contributed by atoms with E-state index in [-0.39, 0.29) is 11.3 Å². The van der Waals surface area contributed by atoms with Gasteiger partial charge in [0.1, 0.15) is 5.78 Å². The fourth-order valence-corrected chi connectivity index (χ4v) is 2.26. The maximum Gasteiger partial charge on any atom is 0.169 e. The summed E-state index contributed by atoms with van der Waals surface area (Å²) in [6.07, 6.45) is 0.484. The van der Waals surface area contributed by atoms with Gasteiger partial charge in [-0.3, -0.25) is 4.79 Å². The standard InChI is InChI=1S/C11H20N2O2S/c1-9(14)8-11(2,3)12-10(16)13-4-6-15-7-5-13/h4-8H2,1-3H3,(H,12,16). The van der Waals surface area contributed by atoms with E-state index in [2.05, 4.69) is 10.2 Å². The molecular weight excluding hydrogens is 224 g/mol. The van der Waals surface area contributed by atoms with E-state index in [0.29, 0.717) is 6.42 Å². The van der Waals surface area contributed by atoms with Crippen LogP contribution in [0.4, 0.5) is 0 Å². The Morgan fingerprint density at radius 1 is 1.44 bits per heavy atom. The summed E-state index contributed by atoms with van der Waals surface area (Å²) < 4.78 is 5.26. The molecule has 16 heavy (non-hydrogen) atoms. The molecule has 0 aromatic heterocycles. The van der Waals surface area contributed by atoms with Crippen molar-refractivity contribution in [2.45, 2.75) is 32.7 Å². The van der Waals surface area contributed by atoms with Crippen LogP contribution in [-0.2, 0) is 9.53 Å². The second-order valence-corrected chi connectivity index (χ2v) is 5.18. The van der Waals surface area contributed by atoms with Crippen molar-refractivity contribution in [1.29, 1.82) is 0 Å². The van der Waals surface area contributed by atoms with Crippen LogP contribution in [0.1, 0.15) is 27.2 Å². The summed E-state index contributed by atoms with van der Waals surface area (Å²) in [6, 6.07) is 0. The van der Waals surface area contributed by atoms with E-state index in [1.807, 2.05) is 13.8 Å². The highest BCUT2D eigenvalue weighted by Gasteiger charge is 2.23. The summed E-state index contributed by atoms with van der Waals surface area (Å²) in [5.74, 6) is 0.169. The molecule has 1 aliphatic rings. The molecule has 1 N–H and O–H groups in total. The monoisotopic (exact) mass is 244 g/mol. The molecular formula is C11H20N2O2S. The molecule has 0 amide bonds. The van der Waals surface area contributed by atoms with Gasteiger partial charge in [-0.1, -0.05) is 0 Å². The fraction of sp³-hybridized carbons (Fsp3) is 0.818. The topological polar surface area (TPSA) is 41.6 Å². The molecule has 0 aromatic rings. The van der Waals surface area contributed by atoms with Crippen molar-refractivity contribution < 1.29 is 9.53 Å². The minimum atomic E-state index is -0.277. The molecule has 4 nitrogen and oxygen atoms in total. The van der Waals surface area contributed by atoms with Crippen molar-refractivity contribution in [2.24, 2.45) is 0 Å². The Balaban J connectivity index is 2.45. The number of hydrogen-bond acceptors (Lipinski definition) is 3. The second-order valence-electron chi connectivity index (χ2n) is 4.79. The molecule has 5 heteroatoms. The van der Waals surface area contributed by atoms with Crippen molar-refractivity contribution in [3.05, 3.63) is 0 Å². The lowest BCUT2D eigenvalue weighted by Gasteiger charge is -2.34. The average molecular weight is 244 g/mol. The number of nitrogens with zero attached hydrogens (tertiary/aromatic N) is 1. The van der Waals surface area contributed by atoms with Crippen molar-refractivity contribution in [2.75, 3.05) is 26.3 Å². The first kappa shape index (κ1) is 13.4. The van der Waals surface area contributed by atoms with E-state index in [9.17, 15) is 4.79 Å². The number of carbonyl (C=O) groups is 1. The number of carbonyl (C=O) groups excluding carboxylic acids is 1. The van der Waals surface area contributed by atoms with Crippen LogP contribution < -0.4 is 5.32 Å². The lowest BCUT2D eigenvalue weighted by molar-refractivity contribution is -0.118. The van der Waals surface area contributed by atoms with Gasteiger partial charge in [0.05, 0.1) is 13.2 Å². The summed E-state index contributed by atoms with van der Waals surface area (Å²) in [6.45, 7) is 8.65. The van der Waals surface area contributed by atoms with E-state index in [1.165, 1.54) is 0 Å². The van der Waals surface area contributed by atoms with Crippen LogP contribution in [0.2, 0.25) is 0 Å². The number of ether oxygens (including phenoxy) is 1. The Morgan fingerprint density at radius 2 is 2.00 bits per heavy atom. The largest absolute Gasteiger partial charge is 0.378 e. The summed E-state index contributed by atoms with van der Waals surface area (Å²) in [5, 5.41) is 3.96. The van der Waals surface area contributed by atoms with Gasteiger partial charge >= 0.3 is 0 Å². The molecule has 0 aromatic carbocycles. The highest BCUT2D eigenvalue weighted by molar-refractivity contribution is 7.80. The zero-order valence-corrected chi connectivity index (χ0v) is 11.0. The van der Waals surface area contributed by atoms with Gasteiger partial charge in [0.2, 0.25) is 0 Å². The number of ketones is 1. The third kappa shape index (κ3) is 4.45. The molecule has 0 spiro atoms. The predicted octanol–water partition coefficient (Wildman–Crippen LogP) is 0.951. The highest BCUT2D eigenvalue weighted by Crippen LogP contribution is 2.10. The first-order valence-corrected chi connectivity index (χ1v) is 5.96. The molecule has 0 saturated carbocycles. The van der Waals surface area contributed by atoms with Gasteiger partial charge in [-0.25, -0.2) is 0 Å². The number of Topliss-reactive ketones (excluding diaryl/α,β-unsaturated/α-hetero) is 1. The van der Waals surface area contributed by atoms with Crippen molar-refractivity contribution in [3.8, 4) is 0 Å². The number of rotatable bonds is 3. The SMILES string of the molecule is CC(=O)CC(C)(C)NC(=S)N1CCOCC1. The van der Waals surface area contributed by atoms with E-state index >= 15 is 0 Å². The molecule has 92 valence electrons. The van der Waals surface area contributed by atoms with Crippen LogP contribution >= 0.6 is 12.2 Å². The lowest BCUT2D eigenvalue weighted by atomic mass is 9.98. The predicted molar refractivity (Wildman–Crippen MR) is 67.5 cm³/mol. The maximum atomic E-state index is 11.1. The fourth-order valence-electron chi connectivity index (χ4n) is 1.80. The molecule has 0 aliphatic carbocycles. The molecule has 1 aliphatic heterocycles. The lowest BCUT2D eigenvalue weighted by Crippen LogP contribution is -2.53. The number of nitrogens with one attached hydrogen (secondary N) is 1. The summed E-state index contributed by atoms with van der Waals surface area (Å²) in [5.41, 5.74) is -0.277. The molecule has 0 radical (unpaired) electrons. The van der Waals surface area contributed by atoms with Crippen molar-refractivity contribution >= 4 is 23.1 Å². The van der Waals surface area contributed by atoms with Gasteiger partial charge < -0.3 is 15.0 Å². The third-order valence-corrected chi connectivity index (χ3v) is 2.79. The van der Waals surface area contributed by atoms with Crippen LogP contribution in [0.25, 0.3) is 0 Å². The van der Waals surface area contributed by atoms with Crippen molar-refractivity contribution in [1.82, 2.24) is 10.2 Å². The maximum absolute atomic E-state index is 11.1. The normalized spacial score (nSPS) is 17.1. The Kier molecular flexibility index (Phi) is 4.68. The second kappa shape index (κ2) is 5.59. The first-order valence-electron chi connectivity index (χ1n) is 5.55. The Labute approximate surface area is 102 Å². The van der Waals surface area contributed by atoms with Crippen LogP contribution in [0, 0.1) is 0 Å². The van der Waals surface area contributed by atoms with Crippen LogP contribution in [0.3, 0.4) is 0 Å². The quantitative estimate of drug-likeness (QED) is 0.749. The summed E-state index contributed by atoms with van der Waals surface area (Å²) in [4.78, 5) is 13.2. The number of morpholine rings is 1. The Hall–Kier alpha value is -0.680. The van der Waals surface area contributed by atoms with E-state index in [1.54, 1.807) is 6.92 Å². The number of hydrogen-bond donors (Lipinski definition) is 1. The van der Waals surface area contributed by atoms with E-state index in [4.69, 9.17) is 17.0 Å². The van der Waals surface area contributed by atoms with Gasteiger partial charge in [-0.2, -0.15) is 0 Å². The van der Waals surface area contributed by atoms with Crippen molar-refractivity contribution in [3.63, 3.8) is 0 Å². The number of thiocarbonyl (C=S) groups is 1. The van der Waals surface area contributed by atoms with Gasteiger partial charge in [-0.15, -0.1) is 0 Å². The molecule has 0 bridgehead atoms. The Morgan fingerprint density at radius 3 is 2.50 bits per heavy atom. The van der Waals surface area contributed by atoms with Crippen LogP contribution in [-0.4, -0.2) is 47.6 Å². The first-order chi connectivity index (χ1) is 7.41. The third-order valence-electron chi connectivity index (χ3n) is 2.43. The van der Waals surface area contributed by atoms with Gasteiger partial charge in [0.25, 0.3) is 0 Å². The van der Waals surface area contributed by atoms with Crippen LogP contribution in [0.15, 0.2) is 0 Å². The summed E-state index contributed by atoms with van der Waals surface area (Å²) >= 11 is 5.32. The minimum absolute atomic E-state index is 0.169. The smallest absolute Gasteiger partial charge is 0.169 e. The van der Waals surface area contributed by atoms with E-state index in [0.717, 1.165) is 31.4 Å². The Bertz CT molecular complexity index is 273. The van der Waals surface area contributed by atoms with E-state index < -0.39 is 0 Å². The molecule has 1 saturated heterocycles. The van der Waals surface area contributed by atoms with Gasteiger partial charge in [-0.05, 0) is 33.0 Å². The average Bonchev–Trinajstić information content (AvgIpc) is 2.16. The molecule has 0 atom stereocenters. The molecule has 1 heterocycles.